The fraction of sp³-hybridized carbons (Fsp3) is 0.409. The van der Waals surface area contributed by atoms with Gasteiger partial charge in [-0.25, -0.2) is 0 Å². The molecule has 0 aliphatic carbocycles. The van der Waals surface area contributed by atoms with Gasteiger partial charge in [-0.2, -0.15) is 0 Å². The Kier molecular flexibility index (Phi) is 7.25. The molecule has 28 heavy (non-hydrogen) atoms. The number of rotatable bonds is 6. The molecule has 0 spiro atoms. The highest BCUT2D eigenvalue weighted by Crippen LogP contribution is 2.16. The Bertz CT molecular complexity index is 745. The van der Waals surface area contributed by atoms with Crippen molar-refractivity contribution in [2.24, 2.45) is 0 Å². The lowest BCUT2D eigenvalue weighted by atomic mass is 9.98. The van der Waals surface area contributed by atoms with Crippen LogP contribution in [0.2, 0.25) is 0 Å². The van der Waals surface area contributed by atoms with Gasteiger partial charge >= 0.3 is 0 Å². The highest BCUT2D eigenvalue weighted by atomic mass is 32.1. The van der Waals surface area contributed by atoms with Crippen LogP contribution in [0.1, 0.15) is 18.5 Å². The summed E-state index contributed by atoms with van der Waals surface area (Å²) in [4.78, 5) is 3.25. The van der Waals surface area contributed by atoms with E-state index in [4.69, 9.17) is 17.0 Å². The molecule has 150 valence electrons. The van der Waals surface area contributed by atoms with E-state index < -0.39 is 0 Å². The molecule has 0 amide bonds. The summed E-state index contributed by atoms with van der Waals surface area (Å²) in [6.07, 6.45) is 0. The summed E-state index contributed by atoms with van der Waals surface area (Å²) >= 11 is 5.60. The molecule has 3 rings (SSSR count). The molecule has 6 heteroatoms. The average Bonchev–Trinajstić information content (AvgIpc) is 2.71. The van der Waals surface area contributed by atoms with Crippen LogP contribution in [-0.2, 0) is 0 Å². The van der Waals surface area contributed by atoms with Crippen molar-refractivity contribution in [2.45, 2.75) is 19.0 Å². The number of methoxy groups -OCH3 is 1. The summed E-state index contributed by atoms with van der Waals surface area (Å²) < 4.78 is 5.21. The van der Waals surface area contributed by atoms with Gasteiger partial charge in [0.2, 0.25) is 0 Å². The molecule has 2 aromatic rings. The van der Waals surface area contributed by atoms with Crippen LogP contribution in [0.15, 0.2) is 54.6 Å². The molecule has 1 saturated heterocycles. The smallest absolute Gasteiger partial charge is 0.171 e. The van der Waals surface area contributed by atoms with E-state index in [9.17, 15) is 0 Å². The molecule has 1 aliphatic rings. The van der Waals surface area contributed by atoms with Crippen molar-refractivity contribution in [3.63, 3.8) is 0 Å². The Morgan fingerprint density at radius 2 is 1.64 bits per heavy atom. The number of benzene rings is 2. The van der Waals surface area contributed by atoms with Crippen LogP contribution in [0.5, 0.6) is 5.75 Å². The maximum absolute atomic E-state index is 5.60. The molecule has 5 nitrogen and oxygen atoms in total. The number of nitrogens with one attached hydrogen (secondary N) is 4. The second kappa shape index (κ2) is 9.87. The number of likely N-dealkylation sites (N-methyl/N-ethyl adjacent to an activating group) is 1. The van der Waals surface area contributed by atoms with Crippen LogP contribution in [0, 0.1) is 0 Å². The minimum atomic E-state index is 0.217. The second-order valence-corrected chi connectivity index (χ2v) is 8.03. The highest BCUT2D eigenvalue weighted by Gasteiger charge is 2.33. The molecule has 0 bridgehead atoms. The molecule has 0 saturated carbocycles. The van der Waals surface area contributed by atoms with Crippen molar-refractivity contribution < 1.29 is 14.5 Å². The first-order valence-corrected chi connectivity index (χ1v) is 10.4. The van der Waals surface area contributed by atoms with Gasteiger partial charge in [-0.15, -0.1) is 0 Å². The van der Waals surface area contributed by atoms with Crippen molar-refractivity contribution in [1.82, 2.24) is 5.32 Å². The zero-order valence-electron chi connectivity index (χ0n) is 17.0. The SMILES string of the molecule is COc1ccc(NC(=S)N[C@H](C)[C@H](c2ccccc2)[NH+]2CC[NH+](C)CC2)cc1. The van der Waals surface area contributed by atoms with Gasteiger partial charge in [0, 0.05) is 11.3 Å². The normalized spacial score (nSPS) is 21.4. The van der Waals surface area contributed by atoms with Crippen LogP contribution in [0.4, 0.5) is 5.69 Å². The average molecular weight is 401 g/mol. The molecule has 2 aromatic carbocycles. The summed E-state index contributed by atoms with van der Waals surface area (Å²) in [6, 6.07) is 19.2. The lowest BCUT2D eigenvalue weighted by molar-refractivity contribution is -1.02. The Labute approximate surface area is 173 Å². The minimum Gasteiger partial charge on any atom is -0.497 e. The van der Waals surface area contributed by atoms with Gasteiger partial charge in [0.05, 0.1) is 20.2 Å². The number of hydrogen-bond donors (Lipinski definition) is 4. The largest absolute Gasteiger partial charge is 0.497 e. The first-order chi connectivity index (χ1) is 13.6. The maximum Gasteiger partial charge on any atom is 0.171 e. The summed E-state index contributed by atoms with van der Waals surface area (Å²) in [6.45, 7) is 7.00. The highest BCUT2D eigenvalue weighted by molar-refractivity contribution is 7.80. The lowest BCUT2D eigenvalue weighted by Crippen LogP contribution is -3.27. The predicted molar refractivity (Wildman–Crippen MR) is 118 cm³/mol. The van der Waals surface area contributed by atoms with E-state index in [-0.39, 0.29) is 6.04 Å². The third-order valence-corrected chi connectivity index (χ3v) is 5.77. The monoisotopic (exact) mass is 400 g/mol. The molecule has 1 heterocycles. The Hall–Kier alpha value is -2.15. The van der Waals surface area contributed by atoms with Crippen LogP contribution < -0.4 is 25.2 Å². The topological polar surface area (TPSA) is 42.2 Å². The van der Waals surface area contributed by atoms with Gasteiger partial charge in [0.15, 0.2) is 5.11 Å². The second-order valence-electron chi connectivity index (χ2n) is 7.62. The molecule has 0 aromatic heterocycles. The van der Waals surface area contributed by atoms with Gasteiger partial charge in [-0.05, 0) is 43.4 Å². The molecular formula is C22H32N4OS+2. The fourth-order valence-electron chi connectivity index (χ4n) is 3.98. The predicted octanol–water partition coefficient (Wildman–Crippen LogP) is 0.525. The van der Waals surface area contributed by atoms with Gasteiger partial charge in [0.1, 0.15) is 38.0 Å². The van der Waals surface area contributed by atoms with Gasteiger partial charge in [-0.1, -0.05) is 30.3 Å². The van der Waals surface area contributed by atoms with Crippen LogP contribution in [0.3, 0.4) is 0 Å². The third-order valence-electron chi connectivity index (χ3n) is 5.55. The molecule has 4 N–H and O–H groups in total. The van der Waals surface area contributed by atoms with Crippen molar-refractivity contribution in [1.29, 1.82) is 0 Å². The van der Waals surface area contributed by atoms with Crippen LogP contribution >= 0.6 is 12.2 Å². The fourth-order valence-corrected chi connectivity index (χ4v) is 4.28. The van der Waals surface area contributed by atoms with E-state index in [2.05, 4.69) is 54.9 Å². The Balaban J connectivity index is 1.67. The lowest BCUT2D eigenvalue weighted by Gasteiger charge is -2.37. The first-order valence-electron chi connectivity index (χ1n) is 9.99. The number of piperazine rings is 1. The third kappa shape index (κ3) is 5.44. The molecule has 0 radical (unpaired) electrons. The summed E-state index contributed by atoms with van der Waals surface area (Å²) in [5.41, 5.74) is 2.32. The Morgan fingerprint density at radius 1 is 1.00 bits per heavy atom. The van der Waals surface area contributed by atoms with Gasteiger partial charge in [0.25, 0.3) is 0 Å². The van der Waals surface area contributed by atoms with Crippen LogP contribution in [-0.4, -0.2) is 51.5 Å². The van der Waals surface area contributed by atoms with Crippen molar-refractivity contribution in [3.05, 3.63) is 60.2 Å². The van der Waals surface area contributed by atoms with E-state index >= 15 is 0 Å². The number of anilines is 1. The van der Waals surface area contributed by atoms with E-state index in [0.29, 0.717) is 11.2 Å². The first kappa shape index (κ1) is 20.6. The van der Waals surface area contributed by atoms with Crippen molar-refractivity contribution in [3.8, 4) is 5.75 Å². The van der Waals surface area contributed by atoms with Crippen LogP contribution in [0.25, 0.3) is 0 Å². The summed E-state index contributed by atoms with van der Waals surface area (Å²) in [5, 5.41) is 7.47. The molecular weight excluding hydrogens is 368 g/mol. The van der Waals surface area contributed by atoms with Gasteiger partial charge in [-0.3, -0.25) is 0 Å². The zero-order valence-corrected chi connectivity index (χ0v) is 17.8. The van der Waals surface area contributed by atoms with Gasteiger partial charge < -0.3 is 25.2 Å². The molecule has 2 atom stereocenters. The number of hydrogen-bond acceptors (Lipinski definition) is 2. The Morgan fingerprint density at radius 3 is 2.25 bits per heavy atom. The van der Waals surface area contributed by atoms with E-state index in [0.717, 1.165) is 11.4 Å². The van der Waals surface area contributed by atoms with E-state index in [1.807, 2.05) is 24.3 Å². The quantitative estimate of drug-likeness (QED) is 0.534. The summed E-state index contributed by atoms with van der Waals surface area (Å²) in [5.74, 6) is 0.836. The molecule has 0 unspecified atom stereocenters. The van der Waals surface area contributed by atoms with E-state index in [1.165, 1.54) is 31.7 Å². The minimum absolute atomic E-state index is 0.217. The number of thiocarbonyl (C=S) groups is 1. The zero-order chi connectivity index (χ0) is 19.9. The van der Waals surface area contributed by atoms with Crippen molar-refractivity contribution in [2.75, 3.05) is 45.7 Å². The number of ether oxygens (including phenoxy) is 1. The number of quaternary nitrogens is 2. The maximum atomic E-state index is 5.60. The van der Waals surface area contributed by atoms with E-state index in [1.54, 1.807) is 16.9 Å². The standard InChI is InChI=1S/C22H30N4OS/c1-17(23-22(28)24-19-9-11-20(27-3)12-10-19)21(18-7-5-4-6-8-18)26-15-13-25(2)14-16-26/h4-12,17,21H,13-16H2,1-3H3,(H2,23,24,28)/p+2/t17-,21-/m1/s1. The molecule has 1 fully saturated rings. The van der Waals surface area contributed by atoms with Crippen molar-refractivity contribution >= 4 is 23.0 Å². The summed E-state index contributed by atoms with van der Waals surface area (Å²) in [7, 11) is 3.95. The molecule has 1 aliphatic heterocycles.